The molecule has 2 aromatic rings. The first-order chi connectivity index (χ1) is 14.9. The highest BCUT2D eigenvalue weighted by molar-refractivity contribution is 7.89. The van der Waals surface area contributed by atoms with Gasteiger partial charge in [-0.3, -0.25) is 4.79 Å². The van der Waals surface area contributed by atoms with E-state index >= 15 is 0 Å². The monoisotopic (exact) mass is 450 g/mol. The van der Waals surface area contributed by atoms with E-state index in [0.29, 0.717) is 37.5 Å². The van der Waals surface area contributed by atoms with Crippen LogP contribution in [-0.2, 0) is 26.0 Å². The normalized spacial score (nSPS) is 11.4. The first kappa shape index (κ1) is 24.6. The van der Waals surface area contributed by atoms with Crippen molar-refractivity contribution in [2.24, 2.45) is 0 Å². The van der Waals surface area contributed by atoms with Gasteiger partial charge in [-0.05, 0) is 30.5 Å². The van der Waals surface area contributed by atoms with Crippen LogP contribution in [0.4, 0.5) is 0 Å². The van der Waals surface area contributed by atoms with Gasteiger partial charge in [0.2, 0.25) is 15.9 Å². The molecule has 0 aliphatic carbocycles. The number of benzene rings is 2. The molecule has 170 valence electrons. The summed E-state index contributed by atoms with van der Waals surface area (Å²) in [7, 11) is 0.557. The second kappa shape index (κ2) is 12.3. The number of carbonyl (C=O) groups excluding carboxylic acids is 1. The fraction of sp³-hybridized carbons (Fsp3) is 0.409. The number of nitrogens with one attached hydrogen (secondary N) is 1. The van der Waals surface area contributed by atoms with Gasteiger partial charge in [-0.25, -0.2) is 8.42 Å². The van der Waals surface area contributed by atoms with Gasteiger partial charge in [0, 0.05) is 32.9 Å². The topological polar surface area (TPSA) is 94.2 Å². The lowest BCUT2D eigenvalue weighted by molar-refractivity contribution is -0.121. The summed E-state index contributed by atoms with van der Waals surface area (Å²) < 4.78 is 43.3. The molecule has 2 rings (SSSR count). The molecule has 2 aromatic carbocycles. The molecule has 0 fully saturated rings. The van der Waals surface area contributed by atoms with E-state index in [1.54, 1.807) is 7.11 Å². The molecule has 0 atom stereocenters. The molecule has 0 unspecified atom stereocenters. The van der Waals surface area contributed by atoms with E-state index in [1.165, 1.54) is 36.7 Å². The van der Waals surface area contributed by atoms with Crippen molar-refractivity contribution in [3.05, 3.63) is 54.1 Å². The zero-order valence-corrected chi connectivity index (χ0v) is 19.0. The SMILES string of the molecule is COCCCNC(=O)CN(CCc1ccccc1)S(=O)(=O)c1ccc(OC)c(OC)c1. The molecule has 9 heteroatoms. The molecule has 0 heterocycles. The lowest BCUT2D eigenvalue weighted by atomic mass is 10.1. The number of sulfonamides is 1. The molecule has 1 amide bonds. The molecule has 0 aliphatic rings. The first-order valence-corrected chi connectivity index (χ1v) is 11.4. The van der Waals surface area contributed by atoms with Crippen LogP contribution in [0.2, 0.25) is 0 Å². The molecule has 0 aliphatic heterocycles. The van der Waals surface area contributed by atoms with Crippen LogP contribution in [0, 0.1) is 0 Å². The molecule has 0 bridgehead atoms. The van der Waals surface area contributed by atoms with Crippen molar-refractivity contribution in [1.82, 2.24) is 9.62 Å². The highest BCUT2D eigenvalue weighted by Crippen LogP contribution is 2.30. The Labute approximate surface area is 184 Å². The van der Waals surface area contributed by atoms with Crippen molar-refractivity contribution in [3.8, 4) is 11.5 Å². The Bertz CT molecular complexity index is 934. The van der Waals surface area contributed by atoms with E-state index in [2.05, 4.69) is 5.32 Å². The van der Waals surface area contributed by atoms with Crippen molar-refractivity contribution >= 4 is 15.9 Å². The van der Waals surface area contributed by atoms with Crippen molar-refractivity contribution in [1.29, 1.82) is 0 Å². The summed E-state index contributed by atoms with van der Waals surface area (Å²) in [5, 5.41) is 2.74. The maximum absolute atomic E-state index is 13.4. The summed E-state index contributed by atoms with van der Waals surface area (Å²) in [4.78, 5) is 12.5. The molecular formula is C22H30N2O6S. The minimum absolute atomic E-state index is 0.0328. The van der Waals surface area contributed by atoms with E-state index in [4.69, 9.17) is 14.2 Å². The molecule has 31 heavy (non-hydrogen) atoms. The van der Waals surface area contributed by atoms with Crippen LogP contribution in [-0.4, -0.2) is 66.2 Å². The van der Waals surface area contributed by atoms with Crippen molar-refractivity contribution in [2.75, 3.05) is 47.6 Å². The smallest absolute Gasteiger partial charge is 0.243 e. The number of rotatable bonds is 13. The maximum Gasteiger partial charge on any atom is 0.243 e. The minimum atomic E-state index is -3.95. The Morgan fingerprint density at radius 2 is 1.71 bits per heavy atom. The van der Waals surface area contributed by atoms with E-state index in [0.717, 1.165) is 5.56 Å². The molecule has 0 saturated carbocycles. The van der Waals surface area contributed by atoms with Gasteiger partial charge in [-0.1, -0.05) is 30.3 Å². The zero-order valence-electron chi connectivity index (χ0n) is 18.2. The van der Waals surface area contributed by atoms with Gasteiger partial charge in [-0.2, -0.15) is 4.31 Å². The predicted octanol–water partition coefficient (Wildman–Crippen LogP) is 2.09. The number of hydrogen-bond acceptors (Lipinski definition) is 6. The van der Waals surface area contributed by atoms with E-state index in [-0.39, 0.29) is 23.9 Å². The highest BCUT2D eigenvalue weighted by Gasteiger charge is 2.27. The highest BCUT2D eigenvalue weighted by atomic mass is 32.2. The van der Waals surface area contributed by atoms with Crippen LogP contribution in [0.25, 0.3) is 0 Å². The van der Waals surface area contributed by atoms with Gasteiger partial charge in [0.05, 0.1) is 25.7 Å². The lowest BCUT2D eigenvalue weighted by Crippen LogP contribution is -2.42. The van der Waals surface area contributed by atoms with Crippen LogP contribution in [0.3, 0.4) is 0 Å². The summed E-state index contributed by atoms with van der Waals surface area (Å²) in [5.41, 5.74) is 0.982. The second-order valence-electron chi connectivity index (χ2n) is 6.79. The Morgan fingerprint density at radius 3 is 2.35 bits per heavy atom. The van der Waals surface area contributed by atoms with Crippen LogP contribution in [0.5, 0.6) is 11.5 Å². The Morgan fingerprint density at radius 1 is 1.00 bits per heavy atom. The molecule has 0 saturated heterocycles. The molecule has 8 nitrogen and oxygen atoms in total. The van der Waals surface area contributed by atoms with Crippen LogP contribution < -0.4 is 14.8 Å². The maximum atomic E-state index is 13.4. The quantitative estimate of drug-likeness (QED) is 0.470. The minimum Gasteiger partial charge on any atom is -0.493 e. The lowest BCUT2D eigenvalue weighted by Gasteiger charge is -2.22. The predicted molar refractivity (Wildman–Crippen MR) is 118 cm³/mol. The third kappa shape index (κ3) is 7.23. The fourth-order valence-corrected chi connectivity index (χ4v) is 4.38. The van der Waals surface area contributed by atoms with Crippen molar-refractivity contribution in [2.45, 2.75) is 17.7 Å². The average molecular weight is 451 g/mol. The first-order valence-electron chi connectivity index (χ1n) is 9.94. The average Bonchev–Trinajstić information content (AvgIpc) is 2.79. The molecule has 0 spiro atoms. The Kier molecular flexibility index (Phi) is 9.77. The van der Waals surface area contributed by atoms with Crippen LogP contribution in [0.1, 0.15) is 12.0 Å². The number of nitrogens with zero attached hydrogens (tertiary/aromatic N) is 1. The van der Waals surface area contributed by atoms with Gasteiger partial charge < -0.3 is 19.5 Å². The summed E-state index contributed by atoms with van der Waals surface area (Å²) in [6, 6.07) is 13.9. The Hall–Kier alpha value is -2.62. The number of hydrogen-bond donors (Lipinski definition) is 1. The van der Waals surface area contributed by atoms with Crippen LogP contribution in [0.15, 0.2) is 53.4 Å². The standard InChI is InChI=1S/C22H30N2O6S/c1-28-15-7-13-23-22(25)17-24(14-12-18-8-5-4-6-9-18)31(26,27)19-10-11-20(29-2)21(16-19)30-3/h4-6,8-11,16H,7,12-15,17H2,1-3H3,(H,23,25). The summed E-state index contributed by atoms with van der Waals surface area (Å²) >= 11 is 0. The number of carbonyl (C=O) groups is 1. The second-order valence-corrected chi connectivity index (χ2v) is 8.73. The van der Waals surface area contributed by atoms with Gasteiger partial charge in [0.25, 0.3) is 0 Å². The van der Waals surface area contributed by atoms with Gasteiger partial charge in [0.15, 0.2) is 11.5 Å². The Balaban J connectivity index is 2.23. The zero-order chi connectivity index (χ0) is 22.7. The van der Waals surface area contributed by atoms with Gasteiger partial charge in [0.1, 0.15) is 0 Å². The van der Waals surface area contributed by atoms with E-state index in [9.17, 15) is 13.2 Å². The molecule has 0 aromatic heterocycles. The third-order valence-corrected chi connectivity index (χ3v) is 6.49. The summed E-state index contributed by atoms with van der Waals surface area (Å²) in [6.07, 6.45) is 1.12. The molecular weight excluding hydrogens is 420 g/mol. The molecule has 0 radical (unpaired) electrons. The number of amides is 1. The third-order valence-electron chi connectivity index (χ3n) is 4.65. The van der Waals surface area contributed by atoms with Gasteiger partial charge >= 0.3 is 0 Å². The summed E-state index contributed by atoms with van der Waals surface area (Å²) in [6.45, 7) is 0.806. The van der Waals surface area contributed by atoms with E-state index < -0.39 is 10.0 Å². The number of ether oxygens (including phenoxy) is 3. The largest absolute Gasteiger partial charge is 0.493 e. The van der Waals surface area contributed by atoms with Gasteiger partial charge in [-0.15, -0.1) is 0 Å². The van der Waals surface area contributed by atoms with Crippen molar-refractivity contribution in [3.63, 3.8) is 0 Å². The summed E-state index contributed by atoms with van der Waals surface area (Å²) in [5.74, 6) is 0.358. The van der Waals surface area contributed by atoms with Crippen molar-refractivity contribution < 1.29 is 27.4 Å². The van der Waals surface area contributed by atoms with E-state index in [1.807, 2.05) is 30.3 Å². The number of methoxy groups -OCH3 is 3. The van der Waals surface area contributed by atoms with Crippen LogP contribution >= 0.6 is 0 Å². The fourth-order valence-electron chi connectivity index (χ4n) is 2.97. The molecule has 1 N–H and O–H groups in total.